The minimum absolute atomic E-state index is 0. The van der Waals surface area contributed by atoms with Gasteiger partial charge in [-0.25, -0.2) is 0 Å². The lowest BCUT2D eigenvalue weighted by Crippen LogP contribution is -2.34. The Balaban J connectivity index is 0.00000169. The van der Waals surface area contributed by atoms with Gasteiger partial charge in [-0.05, 0) is 29.5 Å². The Morgan fingerprint density at radius 1 is 1.00 bits per heavy atom. The van der Waals surface area contributed by atoms with E-state index in [4.69, 9.17) is 5.73 Å². The zero-order chi connectivity index (χ0) is 15.8. The summed E-state index contributed by atoms with van der Waals surface area (Å²) in [6.07, 6.45) is 1.94. The number of fused-ring (bicyclic) bond motifs is 1. The molecule has 126 valence electrons. The summed E-state index contributed by atoms with van der Waals surface area (Å²) in [6, 6.07) is 18.7. The lowest BCUT2D eigenvalue weighted by atomic mass is 9.95. The highest BCUT2D eigenvalue weighted by Crippen LogP contribution is 2.36. The van der Waals surface area contributed by atoms with E-state index in [1.165, 1.54) is 16.7 Å². The van der Waals surface area contributed by atoms with E-state index < -0.39 is 0 Å². The third kappa shape index (κ3) is 2.94. The zero-order valence-electron chi connectivity index (χ0n) is 13.6. The standard InChI is InChI=1S/C20H22N2O.ClH/c21-19-13-22(12-18(19)14-6-2-1-3-7-14)20(23)17-11-10-15-8-4-5-9-16(15)17;/h1-9,17-19H,10-13,21H2;1H/t17?,18-,19+;/m0./s1. The Kier molecular flexibility index (Phi) is 4.93. The van der Waals surface area contributed by atoms with Gasteiger partial charge < -0.3 is 10.6 Å². The van der Waals surface area contributed by atoms with Crippen LogP contribution >= 0.6 is 12.4 Å². The van der Waals surface area contributed by atoms with Gasteiger partial charge in [0.25, 0.3) is 0 Å². The molecule has 2 N–H and O–H groups in total. The molecule has 0 aromatic heterocycles. The fourth-order valence-electron chi connectivity index (χ4n) is 4.10. The largest absolute Gasteiger partial charge is 0.340 e. The molecule has 0 bridgehead atoms. The summed E-state index contributed by atoms with van der Waals surface area (Å²) in [7, 11) is 0. The lowest BCUT2D eigenvalue weighted by molar-refractivity contribution is -0.131. The molecule has 1 heterocycles. The molecule has 3 nitrogen and oxygen atoms in total. The van der Waals surface area contributed by atoms with Crippen molar-refractivity contribution in [2.24, 2.45) is 5.73 Å². The van der Waals surface area contributed by atoms with E-state index in [1.807, 2.05) is 29.2 Å². The van der Waals surface area contributed by atoms with Crippen LogP contribution in [0.15, 0.2) is 54.6 Å². The van der Waals surface area contributed by atoms with E-state index in [2.05, 4.69) is 30.3 Å². The Bertz CT molecular complexity index is 719. The van der Waals surface area contributed by atoms with Crippen LogP contribution in [0.25, 0.3) is 0 Å². The summed E-state index contributed by atoms with van der Waals surface area (Å²) in [5.74, 6) is 0.522. The normalized spacial score (nSPS) is 25.2. The van der Waals surface area contributed by atoms with Gasteiger partial charge in [-0.2, -0.15) is 0 Å². The van der Waals surface area contributed by atoms with Gasteiger partial charge in [0.15, 0.2) is 0 Å². The molecule has 1 saturated heterocycles. The van der Waals surface area contributed by atoms with E-state index in [0.29, 0.717) is 6.54 Å². The molecule has 1 aliphatic heterocycles. The molecular weight excluding hydrogens is 320 g/mol. The maximum absolute atomic E-state index is 13.0. The SMILES string of the molecule is Cl.N[C@@H]1CN(C(=O)C2CCc3ccccc32)C[C@H]1c1ccccc1. The van der Waals surface area contributed by atoms with Gasteiger partial charge in [0.1, 0.15) is 0 Å². The Morgan fingerprint density at radius 2 is 1.71 bits per heavy atom. The van der Waals surface area contributed by atoms with Crippen LogP contribution in [0.5, 0.6) is 0 Å². The van der Waals surface area contributed by atoms with Crippen LogP contribution in [-0.4, -0.2) is 29.9 Å². The number of halogens is 1. The molecule has 1 unspecified atom stereocenters. The second-order valence-corrected chi connectivity index (χ2v) is 6.71. The maximum Gasteiger partial charge on any atom is 0.230 e. The predicted octanol–water partition coefficient (Wildman–Crippen LogP) is 3.09. The number of aryl methyl sites for hydroxylation is 1. The number of likely N-dealkylation sites (tertiary alicyclic amines) is 1. The van der Waals surface area contributed by atoms with Gasteiger partial charge in [-0.3, -0.25) is 4.79 Å². The molecule has 2 aliphatic rings. The second kappa shape index (κ2) is 6.96. The van der Waals surface area contributed by atoms with Crippen LogP contribution in [0, 0.1) is 0 Å². The number of carbonyl (C=O) groups excluding carboxylic acids is 1. The number of benzene rings is 2. The van der Waals surface area contributed by atoms with E-state index in [0.717, 1.165) is 19.4 Å². The minimum atomic E-state index is 0. The molecule has 2 aromatic rings. The van der Waals surface area contributed by atoms with Crippen molar-refractivity contribution in [2.45, 2.75) is 30.7 Å². The number of hydrogen-bond acceptors (Lipinski definition) is 2. The van der Waals surface area contributed by atoms with Crippen molar-refractivity contribution in [2.75, 3.05) is 13.1 Å². The first-order valence-electron chi connectivity index (χ1n) is 8.41. The molecule has 0 spiro atoms. The number of nitrogens with zero attached hydrogens (tertiary/aromatic N) is 1. The first kappa shape index (κ1) is 17.0. The summed E-state index contributed by atoms with van der Waals surface area (Å²) in [5.41, 5.74) is 10.1. The van der Waals surface area contributed by atoms with Crippen molar-refractivity contribution in [1.82, 2.24) is 4.90 Å². The van der Waals surface area contributed by atoms with Crippen LogP contribution in [-0.2, 0) is 11.2 Å². The Morgan fingerprint density at radius 3 is 2.50 bits per heavy atom. The van der Waals surface area contributed by atoms with Gasteiger partial charge >= 0.3 is 0 Å². The van der Waals surface area contributed by atoms with Crippen molar-refractivity contribution in [3.63, 3.8) is 0 Å². The van der Waals surface area contributed by atoms with Crippen molar-refractivity contribution in [3.8, 4) is 0 Å². The number of carbonyl (C=O) groups is 1. The van der Waals surface area contributed by atoms with Crippen molar-refractivity contribution in [3.05, 3.63) is 71.3 Å². The highest BCUT2D eigenvalue weighted by atomic mass is 35.5. The second-order valence-electron chi connectivity index (χ2n) is 6.71. The monoisotopic (exact) mass is 342 g/mol. The average Bonchev–Trinajstić information content (AvgIpc) is 3.19. The smallest absolute Gasteiger partial charge is 0.230 e. The molecule has 3 atom stereocenters. The molecule has 2 aromatic carbocycles. The highest BCUT2D eigenvalue weighted by molar-refractivity contribution is 5.86. The summed E-state index contributed by atoms with van der Waals surface area (Å²) in [5, 5.41) is 0. The Hall–Kier alpha value is -1.84. The van der Waals surface area contributed by atoms with E-state index in [1.54, 1.807) is 0 Å². The fraction of sp³-hybridized carbons (Fsp3) is 0.350. The molecule has 4 rings (SSSR count). The third-order valence-corrected chi connectivity index (χ3v) is 5.34. The summed E-state index contributed by atoms with van der Waals surface area (Å²) < 4.78 is 0. The first-order chi connectivity index (χ1) is 11.2. The Labute approximate surface area is 149 Å². The van der Waals surface area contributed by atoms with Crippen LogP contribution in [0.2, 0.25) is 0 Å². The van der Waals surface area contributed by atoms with Gasteiger partial charge in [0.2, 0.25) is 5.91 Å². The summed E-state index contributed by atoms with van der Waals surface area (Å²) in [6.45, 7) is 1.40. The molecule has 1 aliphatic carbocycles. The minimum Gasteiger partial charge on any atom is -0.340 e. The quantitative estimate of drug-likeness (QED) is 0.911. The molecule has 4 heteroatoms. The summed E-state index contributed by atoms with van der Waals surface area (Å²) >= 11 is 0. The molecule has 0 saturated carbocycles. The third-order valence-electron chi connectivity index (χ3n) is 5.34. The number of rotatable bonds is 2. The van der Waals surface area contributed by atoms with E-state index in [9.17, 15) is 4.79 Å². The lowest BCUT2D eigenvalue weighted by Gasteiger charge is -2.21. The maximum atomic E-state index is 13.0. The molecule has 24 heavy (non-hydrogen) atoms. The number of hydrogen-bond donors (Lipinski definition) is 1. The average molecular weight is 343 g/mol. The molecule has 1 amide bonds. The van der Waals surface area contributed by atoms with Gasteiger partial charge in [0.05, 0.1) is 5.92 Å². The van der Waals surface area contributed by atoms with E-state index in [-0.39, 0.29) is 36.2 Å². The van der Waals surface area contributed by atoms with Crippen LogP contribution in [0.3, 0.4) is 0 Å². The van der Waals surface area contributed by atoms with Gasteiger partial charge in [-0.1, -0.05) is 54.6 Å². The number of amides is 1. The topological polar surface area (TPSA) is 46.3 Å². The van der Waals surface area contributed by atoms with Crippen molar-refractivity contribution in [1.29, 1.82) is 0 Å². The van der Waals surface area contributed by atoms with Crippen molar-refractivity contribution < 1.29 is 4.79 Å². The van der Waals surface area contributed by atoms with Crippen LogP contribution in [0.4, 0.5) is 0 Å². The fourth-order valence-corrected chi connectivity index (χ4v) is 4.10. The van der Waals surface area contributed by atoms with Gasteiger partial charge in [0, 0.05) is 25.0 Å². The molecular formula is C20H23ClN2O. The van der Waals surface area contributed by atoms with E-state index >= 15 is 0 Å². The zero-order valence-corrected chi connectivity index (χ0v) is 14.4. The van der Waals surface area contributed by atoms with Crippen molar-refractivity contribution >= 4 is 18.3 Å². The molecule has 0 radical (unpaired) electrons. The first-order valence-corrected chi connectivity index (χ1v) is 8.41. The van der Waals surface area contributed by atoms with Gasteiger partial charge in [-0.15, -0.1) is 12.4 Å². The van der Waals surface area contributed by atoms with Crippen LogP contribution < -0.4 is 5.73 Å². The summed E-state index contributed by atoms with van der Waals surface area (Å²) in [4.78, 5) is 15.0. The molecule has 1 fully saturated rings. The number of nitrogens with two attached hydrogens (primary N) is 1. The highest BCUT2D eigenvalue weighted by Gasteiger charge is 2.38. The van der Waals surface area contributed by atoms with Crippen LogP contribution in [0.1, 0.15) is 34.9 Å². The predicted molar refractivity (Wildman–Crippen MR) is 98.5 cm³/mol.